The number of aromatic amines is 1. The van der Waals surface area contributed by atoms with Crippen molar-refractivity contribution in [2.45, 2.75) is 39.7 Å². The summed E-state index contributed by atoms with van der Waals surface area (Å²) in [5, 5.41) is 17.8. The first-order chi connectivity index (χ1) is 12.1. The summed E-state index contributed by atoms with van der Waals surface area (Å²) in [4.78, 5) is 12.6. The lowest BCUT2D eigenvalue weighted by Crippen LogP contribution is -2.15. The molecule has 7 heteroatoms. The molecule has 0 saturated carbocycles. The Hall–Kier alpha value is -2.96. The number of aromatic nitrogens is 5. The number of H-pyrrole nitrogens is 1. The van der Waals surface area contributed by atoms with E-state index in [1.807, 2.05) is 35.9 Å². The molecule has 3 rings (SSSR count). The predicted molar refractivity (Wildman–Crippen MR) is 96.4 cm³/mol. The van der Waals surface area contributed by atoms with Crippen molar-refractivity contribution < 1.29 is 4.79 Å². The van der Waals surface area contributed by atoms with Crippen LogP contribution < -0.4 is 5.32 Å². The van der Waals surface area contributed by atoms with Gasteiger partial charge >= 0.3 is 0 Å². The highest BCUT2D eigenvalue weighted by atomic mass is 16.1. The van der Waals surface area contributed by atoms with E-state index in [1.165, 1.54) is 0 Å². The first-order valence-corrected chi connectivity index (χ1v) is 8.45. The van der Waals surface area contributed by atoms with Crippen LogP contribution in [0.15, 0.2) is 36.7 Å². The van der Waals surface area contributed by atoms with Crippen molar-refractivity contribution in [3.05, 3.63) is 47.9 Å². The van der Waals surface area contributed by atoms with Crippen molar-refractivity contribution in [3.63, 3.8) is 0 Å². The van der Waals surface area contributed by atoms with E-state index >= 15 is 0 Å². The zero-order chi connectivity index (χ0) is 17.8. The highest BCUT2D eigenvalue weighted by Gasteiger charge is 2.18. The molecule has 3 aromatic rings. The molecule has 130 valence electrons. The SMILES string of the molecule is CCC(CC)n1ncc(C(=O)Nc2cccc(-c3cn[nH]n3)c2)c1C. The molecule has 0 saturated heterocycles. The Bertz CT molecular complexity index is 848. The predicted octanol–water partition coefficient (Wildman–Crippen LogP) is 3.59. The summed E-state index contributed by atoms with van der Waals surface area (Å²) in [5.41, 5.74) is 3.81. The molecule has 1 amide bonds. The standard InChI is InChI=1S/C18H22N6O/c1-4-15(5-2)24-12(3)16(10-20-24)18(25)21-14-8-6-7-13(9-14)17-11-19-23-22-17/h6-11,15H,4-5H2,1-3H3,(H,21,25)(H,19,22,23). The third-order valence-electron chi connectivity index (χ3n) is 4.41. The van der Waals surface area contributed by atoms with E-state index in [0.717, 1.165) is 29.8 Å². The van der Waals surface area contributed by atoms with Crippen molar-refractivity contribution in [3.8, 4) is 11.3 Å². The lowest BCUT2D eigenvalue weighted by atomic mass is 10.1. The Morgan fingerprint density at radius 2 is 2.08 bits per heavy atom. The average Bonchev–Trinajstić information content (AvgIpc) is 3.27. The van der Waals surface area contributed by atoms with Crippen LogP contribution in [0, 0.1) is 6.92 Å². The van der Waals surface area contributed by atoms with Gasteiger partial charge in [0.05, 0.1) is 24.0 Å². The second kappa shape index (κ2) is 7.29. The number of benzene rings is 1. The molecule has 2 heterocycles. The first kappa shape index (κ1) is 16.9. The van der Waals surface area contributed by atoms with Gasteiger partial charge in [0.15, 0.2) is 0 Å². The van der Waals surface area contributed by atoms with Crippen molar-refractivity contribution >= 4 is 11.6 Å². The van der Waals surface area contributed by atoms with E-state index in [-0.39, 0.29) is 5.91 Å². The molecule has 0 bridgehead atoms. The molecule has 2 N–H and O–H groups in total. The molecule has 0 aliphatic carbocycles. The second-order valence-corrected chi connectivity index (χ2v) is 5.95. The molecular formula is C18H22N6O. The smallest absolute Gasteiger partial charge is 0.259 e. The Morgan fingerprint density at radius 1 is 1.28 bits per heavy atom. The van der Waals surface area contributed by atoms with Gasteiger partial charge in [0.25, 0.3) is 5.91 Å². The maximum absolute atomic E-state index is 12.6. The van der Waals surface area contributed by atoms with Crippen LogP contribution in [0.5, 0.6) is 0 Å². The van der Waals surface area contributed by atoms with Crippen molar-refractivity contribution in [1.29, 1.82) is 0 Å². The van der Waals surface area contributed by atoms with Gasteiger partial charge in [-0.1, -0.05) is 26.0 Å². The van der Waals surface area contributed by atoms with Gasteiger partial charge in [-0.25, -0.2) is 0 Å². The lowest BCUT2D eigenvalue weighted by Gasteiger charge is -2.15. The highest BCUT2D eigenvalue weighted by Crippen LogP contribution is 2.22. The number of nitrogens with one attached hydrogen (secondary N) is 2. The summed E-state index contributed by atoms with van der Waals surface area (Å²) in [6.07, 6.45) is 5.26. The Labute approximate surface area is 146 Å². The van der Waals surface area contributed by atoms with E-state index < -0.39 is 0 Å². The normalized spacial score (nSPS) is 11.0. The topological polar surface area (TPSA) is 88.5 Å². The van der Waals surface area contributed by atoms with Crippen molar-refractivity contribution in [2.75, 3.05) is 5.32 Å². The van der Waals surface area contributed by atoms with Crippen LogP contribution in [-0.4, -0.2) is 31.1 Å². The van der Waals surface area contributed by atoms with Crippen molar-refractivity contribution in [1.82, 2.24) is 25.2 Å². The quantitative estimate of drug-likeness (QED) is 0.719. The van der Waals surface area contributed by atoms with Gasteiger partial charge in [-0.05, 0) is 31.9 Å². The van der Waals surface area contributed by atoms with Gasteiger partial charge in [-0.15, -0.1) is 0 Å². The molecule has 0 unspecified atom stereocenters. The fraction of sp³-hybridized carbons (Fsp3) is 0.333. The molecule has 25 heavy (non-hydrogen) atoms. The molecule has 7 nitrogen and oxygen atoms in total. The Morgan fingerprint density at radius 3 is 2.76 bits per heavy atom. The van der Waals surface area contributed by atoms with E-state index in [2.05, 4.69) is 39.7 Å². The first-order valence-electron chi connectivity index (χ1n) is 8.45. The summed E-state index contributed by atoms with van der Waals surface area (Å²) >= 11 is 0. The van der Waals surface area contributed by atoms with Crippen LogP contribution in [0.1, 0.15) is 48.8 Å². The van der Waals surface area contributed by atoms with Crippen molar-refractivity contribution in [2.24, 2.45) is 0 Å². The fourth-order valence-electron chi connectivity index (χ4n) is 2.94. The summed E-state index contributed by atoms with van der Waals surface area (Å²) in [6, 6.07) is 7.83. The molecule has 1 aromatic carbocycles. The molecule has 0 aliphatic rings. The Kier molecular flexibility index (Phi) is 4.92. The molecule has 2 aromatic heterocycles. The molecule has 0 fully saturated rings. The number of anilines is 1. The average molecular weight is 338 g/mol. The third kappa shape index (κ3) is 3.45. The monoisotopic (exact) mass is 338 g/mol. The number of amides is 1. The highest BCUT2D eigenvalue weighted by molar-refractivity contribution is 6.05. The number of hydrogen-bond acceptors (Lipinski definition) is 4. The maximum atomic E-state index is 12.6. The summed E-state index contributed by atoms with van der Waals surface area (Å²) in [6.45, 7) is 6.20. The van der Waals surface area contributed by atoms with Gasteiger partial charge in [-0.3, -0.25) is 9.48 Å². The molecule has 0 aliphatic heterocycles. The lowest BCUT2D eigenvalue weighted by molar-refractivity contribution is 0.102. The van der Waals surface area contributed by atoms with E-state index in [4.69, 9.17) is 0 Å². The van der Waals surface area contributed by atoms with Crippen LogP contribution in [0.3, 0.4) is 0 Å². The number of nitrogens with zero attached hydrogens (tertiary/aromatic N) is 4. The number of carbonyl (C=O) groups is 1. The third-order valence-corrected chi connectivity index (χ3v) is 4.41. The van der Waals surface area contributed by atoms with Gasteiger partial charge in [-0.2, -0.15) is 20.5 Å². The van der Waals surface area contributed by atoms with Crippen LogP contribution in [-0.2, 0) is 0 Å². The summed E-state index contributed by atoms with van der Waals surface area (Å²) in [7, 11) is 0. The maximum Gasteiger partial charge on any atom is 0.259 e. The number of rotatable bonds is 6. The van der Waals surface area contributed by atoms with Crippen LogP contribution >= 0.6 is 0 Å². The van der Waals surface area contributed by atoms with Crippen LogP contribution in [0.4, 0.5) is 5.69 Å². The molecular weight excluding hydrogens is 316 g/mol. The van der Waals surface area contributed by atoms with Crippen LogP contribution in [0.25, 0.3) is 11.3 Å². The van der Waals surface area contributed by atoms with E-state index in [0.29, 0.717) is 17.3 Å². The fourth-order valence-corrected chi connectivity index (χ4v) is 2.94. The second-order valence-electron chi connectivity index (χ2n) is 5.95. The number of hydrogen-bond donors (Lipinski definition) is 2. The van der Waals surface area contributed by atoms with Crippen LogP contribution in [0.2, 0.25) is 0 Å². The largest absolute Gasteiger partial charge is 0.322 e. The number of carbonyl (C=O) groups excluding carboxylic acids is 1. The summed E-state index contributed by atoms with van der Waals surface area (Å²) in [5.74, 6) is -0.160. The zero-order valence-corrected chi connectivity index (χ0v) is 14.7. The molecule has 0 atom stereocenters. The molecule has 0 radical (unpaired) electrons. The van der Waals surface area contributed by atoms with E-state index in [9.17, 15) is 4.79 Å². The van der Waals surface area contributed by atoms with E-state index in [1.54, 1.807) is 12.4 Å². The van der Waals surface area contributed by atoms with Gasteiger partial charge < -0.3 is 5.32 Å². The molecule has 0 spiro atoms. The zero-order valence-electron chi connectivity index (χ0n) is 14.7. The van der Waals surface area contributed by atoms with Gasteiger partial charge in [0, 0.05) is 16.9 Å². The summed E-state index contributed by atoms with van der Waals surface area (Å²) < 4.78 is 1.95. The van der Waals surface area contributed by atoms with Gasteiger partial charge in [0.1, 0.15) is 5.69 Å². The minimum Gasteiger partial charge on any atom is -0.322 e. The van der Waals surface area contributed by atoms with Gasteiger partial charge in [0.2, 0.25) is 0 Å². The minimum absolute atomic E-state index is 0.160. The minimum atomic E-state index is -0.160. The Balaban J connectivity index is 1.80.